The largest absolute Gasteiger partial charge is 0.355 e. The Hall–Kier alpha value is -2.12. The molecule has 3 aromatic rings. The number of thiophene rings is 1. The lowest BCUT2D eigenvalue weighted by Crippen LogP contribution is -2.27. The molecule has 1 amide bonds. The molecular weight excluding hydrogens is 366 g/mol. The molecule has 0 radical (unpaired) electrons. The van der Waals surface area contributed by atoms with Gasteiger partial charge >= 0.3 is 0 Å². The van der Waals surface area contributed by atoms with E-state index in [1.165, 1.54) is 23.1 Å². The second-order valence-corrected chi connectivity index (χ2v) is 7.58. The van der Waals surface area contributed by atoms with Gasteiger partial charge in [0.25, 0.3) is 5.56 Å². The molecule has 0 aliphatic heterocycles. The van der Waals surface area contributed by atoms with Crippen LogP contribution in [0.15, 0.2) is 45.7 Å². The lowest BCUT2D eigenvalue weighted by Gasteiger charge is -2.10. The van der Waals surface area contributed by atoms with Gasteiger partial charge in [-0.2, -0.15) is 0 Å². The van der Waals surface area contributed by atoms with Crippen LogP contribution in [0.25, 0.3) is 21.3 Å². The summed E-state index contributed by atoms with van der Waals surface area (Å²) in [6.45, 7) is 5.12. The first kappa shape index (κ1) is 18.7. The van der Waals surface area contributed by atoms with E-state index >= 15 is 0 Å². The zero-order valence-corrected chi connectivity index (χ0v) is 16.5. The maximum Gasteiger partial charge on any atom is 0.263 e. The smallest absolute Gasteiger partial charge is 0.263 e. The van der Waals surface area contributed by atoms with Crippen LogP contribution in [0.3, 0.4) is 0 Å². The summed E-state index contributed by atoms with van der Waals surface area (Å²) in [5.41, 5.74) is 1.89. The van der Waals surface area contributed by atoms with Gasteiger partial charge in [0.05, 0.1) is 11.1 Å². The van der Waals surface area contributed by atoms with Crippen LogP contribution in [0, 0.1) is 0 Å². The number of nitrogens with one attached hydrogen (secondary N) is 1. The van der Waals surface area contributed by atoms with E-state index in [4.69, 9.17) is 0 Å². The predicted molar refractivity (Wildman–Crippen MR) is 109 cm³/mol. The quantitative estimate of drug-likeness (QED) is 0.495. The number of hydrogen-bond donors (Lipinski definition) is 1. The Balaban J connectivity index is 1.97. The molecule has 0 unspecified atom stereocenters. The highest BCUT2D eigenvalue weighted by Crippen LogP contribution is 2.32. The van der Waals surface area contributed by atoms with Gasteiger partial charge in [0, 0.05) is 24.0 Å². The average molecular weight is 388 g/mol. The molecule has 7 heteroatoms. The third-order valence-electron chi connectivity index (χ3n) is 3.96. The van der Waals surface area contributed by atoms with Crippen molar-refractivity contribution >= 4 is 39.2 Å². The van der Waals surface area contributed by atoms with Gasteiger partial charge in [-0.15, -0.1) is 11.3 Å². The van der Waals surface area contributed by atoms with E-state index < -0.39 is 0 Å². The minimum atomic E-state index is -0.0472. The molecule has 0 saturated heterocycles. The molecule has 26 heavy (non-hydrogen) atoms. The van der Waals surface area contributed by atoms with Gasteiger partial charge in [0.1, 0.15) is 4.83 Å². The number of rotatable bonds is 7. The number of thioether (sulfide) groups is 1. The Kier molecular flexibility index (Phi) is 6.11. The molecule has 136 valence electrons. The molecule has 0 fully saturated rings. The molecule has 0 aliphatic rings. The minimum absolute atomic E-state index is 0.0370. The molecule has 3 rings (SSSR count). The highest BCUT2D eigenvalue weighted by molar-refractivity contribution is 7.99. The van der Waals surface area contributed by atoms with E-state index in [-0.39, 0.29) is 17.2 Å². The topological polar surface area (TPSA) is 64.0 Å². The minimum Gasteiger partial charge on any atom is -0.355 e. The fourth-order valence-corrected chi connectivity index (χ4v) is 4.55. The van der Waals surface area contributed by atoms with E-state index in [9.17, 15) is 9.59 Å². The van der Waals surface area contributed by atoms with Crippen molar-refractivity contribution in [2.45, 2.75) is 32.0 Å². The van der Waals surface area contributed by atoms with Crippen molar-refractivity contribution in [2.75, 3.05) is 12.3 Å². The summed E-state index contributed by atoms with van der Waals surface area (Å²) in [5, 5.41) is 6.08. The third-order valence-corrected chi connectivity index (χ3v) is 5.81. The number of benzene rings is 1. The second-order valence-electron chi connectivity index (χ2n) is 5.78. The summed E-state index contributed by atoms with van der Waals surface area (Å²) < 4.78 is 1.65. The van der Waals surface area contributed by atoms with Crippen LogP contribution in [0.4, 0.5) is 0 Å². The normalized spacial score (nSPS) is 11.0. The maximum absolute atomic E-state index is 13.1. The fourth-order valence-electron chi connectivity index (χ4n) is 2.67. The molecule has 0 saturated carbocycles. The first-order valence-corrected chi connectivity index (χ1v) is 10.5. The van der Waals surface area contributed by atoms with Gasteiger partial charge in [-0.1, -0.05) is 49.0 Å². The highest BCUT2D eigenvalue weighted by atomic mass is 32.2. The maximum atomic E-state index is 13.1. The van der Waals surface area contributed by atoms with Gasteiger partial charge in [-0.05, 0) is 18.9 Å². The molecule has 1 N–H and O–H groups in total. The summed E-state index contributed by atoms with van der Waals surface area (Å²) in [6, 6.07) is 9.88. The van der Waals surface area contributed by atoms with Gasteiger partial charge in [0.15, 0.2) is 5.16 Å². The fraction of sp³-hybridized carbons (Fsp3) is 0.316. The van der Waals surface area contributed by atoms with Crippen molar-refractivity contribution in [2.24, 2.45) is 0 Å². The van der Waals surface area contributed by atoms with E-state index in [1.807, 2.05) is 49.6 Å². The highest BCUT2D eigenvalue weighted by Gasteiger charge is 2.17. The Morgan fingerprint density at radius 1 is 1.27 bits per heavy atom. The van der Waals surface area contributed by atoms with Gasteiger partial charge < -0.3 is 5.32 Å². The Labute approximate surface area is 160 Å². The number of hydrogen-bond acceptors (Lipinski definition) is 5. The standard InChI is InChI=1S/C19H21N3O2S2/c1-3-10-20-15(23)12-26-19-21-17-16(18(24)22(19)4-2)14(11-25-17)13-8-6-5-7-9-13/h5-9,11H,3-4,10,12H2,1-2H3,(H,20,23). The lowest BCUT2D eigenvalue weighted by molar-refractivity contribution is -0.118. The van der Waals surface area contributed by atoms with Crippen molar-refractivity contribution in [1.29, 1.82) is 0 Å². The first-order valence-electron chi connectivity index (χ1n) is 8.62. The number of aromatic nitrogens is 2. The SMILES string of the molecule is CCCNC(=O)CSc1nc2scc(-c3ccccc3)c2c(=O)n1CC. The number of nitrogens with zero attached hydrogens (tertiary/aromatic N) is 2. The zero-order valence-electron chi connectivity index (χ0n) is 14.8. The van der Waals surface area contributed by atoms with Gasteiger partial charge in [0.2, 0.25) is 5.91 Å². The number of carbonyl (C=O) groups is 1. The summed E-state index contributed by atoms with van der Waals surface area (Å²) in [6.07, 6.45) is 0.901. The predicted octanol–water partition coefficient (Wildman–Crippen LogP) is 3.76. The van der Waals surface area contributed by atoms with Crippen LogP contribution in [0.1, 0.15) is 20.3 Å². The van der Waals surface area contributed by atoms with Crippen LogP contribution in [0.2, 0.25) is 0 Å². The summed E-state index contributed by atoms with van der Waals surface area (Å²) >= 11 is 2.78. The third kappa shape index (κ3) is 3.83. The molecule has 2 heterocycles. The van der Waals surface area contributed by atoms with E-state index in [0.29, 0.717) is 23.6 Å². The van der Waals surface area contributed by atoms with E-state index in [0.717, 1.165) is 22.4 Å². The zero-order chi connectivity index (χ0) is 18.5. The number of carbonyl (C=O) groups excluding carboxylic acids is 1. The van der Waals surface area contributed by atoms with Crippen LogP contribution in [-0.2, 0) is 11.3 Å². The van der Waals surface area contributed by atoms with Crippen molar-refractivity contribution in [3.8, 4) is 11.1 Å². The molecular formula is C19H21N3O2S2. The number of fused-ring (bicyclic) bond motifs is 1. The Bertz CT molecular complexity index is 964. The van der Waals surface area contributed by atoms with Crippen molar-refractivity contribution in [1.82, 2.24) is 14.9 Å². The van der Waals surface area contributed by atoms with E-state index in [2.05, 4.69) is 10.3 Å². The van der Waals surface area contributed by atoms with E-state index in [1.54, 1.807) is 4.57 Å². The van der Waals surface area contributed by atoms with Gasteiger partial charge in [-0.3, -0.25) is 14.2 Å². The first-order chi connectivity index (χ1) is 12.7. The van der Waals surface area contributed by atoms with Gasteiger partial charge in [-0.25, -0.2) is 4.98 Å². The molecule has 0 aliphatic carbocycles. The van der Waals surface area contributed by atoms with Crippen LogP contribution in [0.5, 0.6) is 0 Å². The Morgan fingerprint density at radius 2 is 2.04 bits per heavy atom. The number of amides is 1. The lowest BCUT2D eigenvalue weighted by atomic mass is 10.1. The van der Waals surface area contributed by atoms with Crippen LogP contribution < -0.4 is 10.9 Å². The molecule has 1 aromatic carbocycles. The van der Waals surface area contributed by atoms with Crippen LogP contribution in [-0.4, -0.2) is 27.8 Å². The monoisotopic (exact) mass is 387 g/mol. The van der Waals surface area contributed by atoms with Crippen molar-refractivity contribution in [3.63, 3.8) is 0 Å². The Morgan fingerprint density at radius 3 is 2.73 bits per heavy atom. The molecule has 0 atom stereocenters. The molecule has 2 aromatic heterocycles. The molecule has 0 bridgehead atoms. The molecule has 0 spiro atoms. The second kappa shape index (κ2) is 8.51. The summed E-state index contributed by atoms with van der Waals surface area (Å²) in [4.78, 5) is 30.3. The average Bonchev–Trinajstić information content (AvgIpc) is 3.09. The van der Waals surface area contributed by atoms with Crippen LogP contribution >= 0.6 is 23.1 Å². The van der Waals surface area contributed by atoms with Crippen molar-refractivity contribution < 1.29 is 4.79 Å². The summed E-state index contributed by atoms with van der Waals surface area (Å²) in [5.74, 6) is 0.222. The summed E-state index contributed by atoms with van der Waals surface area (Å²) in [7, 11) is 0. The molecule has 5 nitrogen and oxygen atoms in total. The van der Waals surface area contributed by atoms with Crippen molar-refractivity contribution in [3.05, 3.63) is 46.1 Å².